The molecule has 16 heteroatoms. The van der Waals surface area contributed by atoms with Crippen molar-refractivity contribution in [2.45, 2.75) is 53.7 Å². The predicted molar refractivity (Wildman–Crippen MR) is 148 cm³/mol. The highest BCUT2D eigenvalue weighted by Gasteiger charge is 2.62. The van der Waals surface area contributed by atoms with E-state index in [4.69, 9.17) is 11.6 Å². The van der Waals surface area contributed by atoms with Gasteiger partial charge in [-0.2, -0.15) is 43.9 Å². The van der Waals surface area contributed by atoms with Crippen molar-refractivity contribution in [3.63, 3.8) is 0 Å². The minimum atomic E-state index is -4.98. The Hall–Kier alpha value is -3.40. The van der Waals surface area contributed by atoms with Gasteiger partial charge in [0.15, 0.2) is 0 Å². The van der Waals surface area contributed by atoms with E-state index >= 15 is 8.78 Å². The first-order chi connectivity index (χ1) is 20.5. The fourth-order valence-corrected chi connectivity index (χ4v) is 8.40. The molecular formula is C28H22ClF5N4O4S2. The van der Waals surface area contributed by atoms with Gasteiger partial charge in [-0.05, 0) is 67.6 Å². The third kappa shape index (κ3) is 5.08. The van der Waals surface area contributed by atoms with Crippen LogP contribution in [0.3, 0.4) is 0 Å². The average molecular weight is 673 g/mol. The first-order valence-corrected chi connectivity index (χ1v) is 16.4. The molecule has 0 radical (unpaired) electrons. The number of halogens is 6. The highest BCUT2D eigenvalue weighted by atomic mass is 35.5. The first-order valence-electron chi connectivity index (χ1n) is 13.2. The Labute approximate surface area is 254 Å². The zero-order valence-corrected chi connectivity index (χ0v) is 25.0. The Morgan fingerprint density at radius 2 is 1.50 bits per heavy atom. The van der Waals surface area contributed by atoms with Crippen LogP contribution in [0.1, 0.15) is 53.0 Å². The molecule has 4 aromatic rings. The second-order valence-electron chi connectivity index (χ2n) is 10.7. The third-order valence-electron chi connectivity index (χ3n) is 7.65. The number of pyridine rings is 1. The Morgan fingerprint density at radius 3 is 2.05 bits per heavy atom. The van der Waals surface area contributed by atoms with Crippen molar-refractivity contribution in [3.8, 4) is 0 Å². The van der Waals surface area contributed by atoms with E-state index in [1.165, 1.54) is 48.5 Å². The van der Waals surface area contributed by atoms with Gasteiger partial charge in [0, 0.05) is 23.0 Å². The van der Waals surface area contributed by atoms with E-state index in [0.717, 1.165) is 11.8 Å². The number of hydrogen-bond acceptors (Lipinski definition) is 6. The van der Waals surface area contributed by atoms with E-state index in [-0.39, 0.29) is 21.0 Å². The summed E-state index contributed by atoms with van der Waals surface area (Å²) in [5, 5.41) is 4.03. The number of aryl methyl sites for hydroxylation is 1. The molecule has 2 atom stereocenters. The van der Waals surface area contributed by atoms with E-state index in [1.54, 1.807) is 6.92 Å². The van der Waals surface area contributed by atoms with Crippen molar-refractivity contribution in [1.82, 2.24) is 18.5 Å². The van der Waals surface area contributed by atoms with Crippen LogP contribution < -0.4 is 0 Å². The Kier molecular flexibility index (Phi) is 7.18. The molecule has 0 bridgehead atoms. The van der Waals surface area contributed by atoms with Gasteiger partial charge in [0.2, 0.25) is 10.0 Å². The molecule has 1 saturated carbocycles. The summed E-state index contributed by atoms with van der Waals surface area (Å²) < 4.78 is 129. The summed E-state index contributed by atoms with van der Waals surface area (Å²) in [7, 11) is -9.45. The summed E-state index contributed by atoms with van der Waals surface area (Å²) in [4.78, 5) is 2.27. The van der Waals surface area contributed by atoms with E-state index < -0.39 is 66.4 Å². The molecule has 0 unspecified atom stereocenters. The van der Waals surface area contributed by atoms with E-state index in [1.807, 2.05) is 0 Å². The van der Waals surface area contributed by atoms with Gasteiger partial charge in [0.05, 0.1) is 10.9 Å². The van der Waals surface area contributed by atoms with Crippen molar-refractivity contribution in [3.05, 3.63) is 106 Å². The van der Waals surface area contributed by atoms with Crippen LogP contribution in [0.4, 0.5) is 22.0 Å². The standard InChI is InChI=1S/C28H22ClF5N4O4S2/c1-16-2-10-20(11-3-16)43(39,40)37-15-22-24(17-4-5-17)38(44(41,42)21-12-13-23(35-14-21)28(32,33)34)26(27(30,31)25(22)36-37)18-6-8-19(29)9-7-18/h2-3,6-15,17,24,26H,4-5H2,1H3/t24-,26+/m1/s1. The van der Waals surface area contributed by atoms with Gasteiger partial charge in [-0.3, -0.25) is 4.98 Å². The van der Waals surface area contributed by atoms with Crippen LogP contribution in [0.15, 0.2) is 82.8 Å². The lowest BCUT2D eigenvalue weighted by Gasteiger charge is -2.44. The van der Waals surface area contributed by atoms with Gasteiger partial charge in [0.1, 0.15) is 22.3 Å². The molecule has 44 heavy (non-hydrogen) atoms. The molecule has 0 N–H and O–H groups in total. The van der Waals surface area contributed by atoms with Gasteiger partial charge in [-0.25, -0.2) is 8.42 Å². The van der Waals surface area contributed by atoms with E-state index in [2.05, 4.69) is 10.1 Å². The number of fused-ring (bicyclic) bond motifs is 1. The van der Waals surface area contributed by atoms with Gasteiger partial charge in [-0.1, -0.05) is 41.4 Å². The molecule has 8 nitrogen and oxygen atoms in total. The molecule has 1 aliphatic carbocycles. The summed E-state index contributed by atoms with van der Waals surface area (Å²) in [6, 6.07) is 8.20. The average Bonchev–Trinajstić information content (AvgIpc) is 3.69. The molecule has 0 amide bonds. The maximum atomic E-state index is 16.7. The highest BCUT2D eigenvalue weighted by molar-refractivity contribution is 7.90. The molecule has 2 aliphatic rings. The van der Waals surface area contributed by atoms with Crippen LogP contribution in [-0.4, -0.2) is 35.3 Å². The number of sulfonamides is 1. The maximum absolute atomic E-state index is 16.7. The third-order valence-corrected chi connectivity index (χ3v) is 11.3. The largest absolute Gasteiger partial charge is 0.433 e. The molecule has 1 fully saturated rings. The SMILES string of the molecule is Cc1ccc(S(=O)(=O)n2cc3c(n2)C(F)(F)[C@H](c2ccc(Cl)cc2)N(S(=O)(=O)c2ccc(C(F)(F)F)nc2)[C@@H]3C2CC2)cc1. The summed E-state index contributed by atoms with van der Waals surface area (Å²) in [6.07, 6.45) is -2.64. The van der Waals surface area contributed by atoms with Crippen molar-refractivity contribution in [2.24, 2.45) is 5.92 Å². The first kappa shape index (κ1) is 30.6. The van der Waals surface area contributed by atoms with E-state index in [0.29, 0.717) is 39.6 Å². The zero-order valence-electron chi connectivity index (χ0n) is 22.6. The molecule has 232 valence electrons. The number of nitrogens with zero attached hydrogens (tertiary/aromatic N) is 4. The normalized spacial score (nSPS) is 20.8. The maximum Gasteiger partial charge on any atom is 0.433 e. The topological polar surface area (TPSA) is 102 Å². The smallest absolute Gasteiger partial charge is 0.250 e. The number of rotatable bonds is 6. The fraction of sp³-hybridized carbons (Fsp3) is 0.286. The molecule has 1 aliphatic heterocycles. The summed E-state index contributed by atoms with van der Waals surface area (Å²) in [5.74, 6) is -4.61. The van der Waals surface area contributed by atoms with Crippen LogP contribution in [0, 0.1) is 12.8 Å². The lowest BCUT2D eigenvalue weighted by Crippen LogP contribution is -2.49. The van der Waals surface area contributed by atoms with E-state index in [9.17, 15) is 30.0 Å². The molecule has 2 aromatic heterocycles. The summed E-state index contributed by atoms with van der Waals surface area (Å²) in [5.41, 5.74) is -2.02. The lowest BCUT2D eigenvalue weighted by molar-refractivity contribution is -0.141. The van der Waals surface area contributed by atoms with Crippen LogP contribution >= 0.6 is 11.6 Å². The molecule has 2 aromatic carbocycles. The minimum absolute atomic E-state index is 0.183. The summed E-state index contributed by atoms with van der Waals surface area (Å²) >= 11 is 5.99. The van der Waals surface area contributed by atoms with Gasteiger partial charge in [-0.15, -0.1) is 0 Å². The highest BCUT2D eigenvalue weighted by Crippen LogP contribution is 2.60. The molecule has 6 rings (SSSR count). The quantitative estimate of drug-likeness (QED) is 0.217. The monoisotopic (exact) mass is 672 g/mol. The second-order valence-corrected chi connectivity index (χ2v) is 14.8. The molecule has 0 saturated heterocycles. The van der Waals surface area contributed by atoms with Crippen molar-refractivity contribution >= 4 is 31.6 Å². The second kappa shape index (κ2) is 10.3. The molecular weight excluding hydrogens is 651 g/mol. The zero-order chi connectivity index (χ0) is 31.8. The van der Waals surface area contributed by atoms with Crippen LogP contribution in [0.2, 0.25) is 5.02 Å². The number of benzene rings is 2. The van der Waals surface area contributed by atoms with Crippen molar-refractivity contribution in [1.29, 1.82) is 0 Å². The Morgan fingerprint density at radius 1 is 0.886 bits per heavy atom. The number of aromatic nitrogens is 3. The van der Waals surface area contributed by atoms with Gasteiger partial charge < -0.3 is 0 Å². The Balaban J connectivity index is 1.57. The lowest BCUT2D eigenvalue weighted by atomic mass is 9.87. The van der Waals surface area contributed by atoms with Gasteiger partial charge in [0.25, 0.3) is 10.0 Å². The van der Waals surface area contributed by atoms with Crippen molar-refractivity contribution < 1.29 is 38.8 Å². The predicted octanol–water partition coefficient (Wildman–Crippen LogP) is 6.48. The number of alkyl halides is 5. The Bertz CT molecular complexity index is 1940. The molecule has 0 spiro atoms. The van der Waals surface area contributed by atoms with Crippen molar-refractivity contribution in [2.75, 3.05) is 0 Å². The van der Waals surface area contributed by atoms with Crippen LogP contribution in [-0.2, 0) is 32.1 Å². The molecule has 3 heterocycles. The minimum Gasteiger partial charge on any atom is -0.250 e. The van der Waals surface area contributed by atoms with Gasteiger partial charge >= 0.3 is 12.1 Å². The fourth-order valence-electron chi connectivity index (χ4n) is 5.35. The van der Waals surface area contributed by atoms with Crippen LogP contribution in [0.25, 0.3) is 0 Å². The van der Waals surface area contributed by atoms with Crippen LogP contribution in [0.5, 0.6) is 0 Å². The number of hydrogen-bond donors (Lipinski definition) is 0. The summed E-state index contributed by atoms with van der Waals surface area (Å²) in [6.45, 7) is 1.74.